The van der Waals surface area contributed by atoms with Gasteiger partial charge in [-0.25, -0.2) is 4.79 Å². The molecule has 21 heavy (non-hydrogen) atoms. The number of carbonyl (C=O) groups is 2. The number of rotatable bonds is 4. The largest absolute Gasteiger partial charge is 0.478 e. The topological polar surface area (TPSA) is 66.4 Å². The zero-order valence-corrected chi connectivity index (χ0v) is 12.5. The lowest BCUT2D eigenvalue weighted by Gasteiger charge is -2.11. The zero-order chi connectivity index (χ0) is 15.4. The van der Waals surface area contributed by atoms with Gasteiger partial charge in [-0.2, -0.15) is 0 Å². The Morgan fingerprint density at radius 3 is 2.48 bits per heavy atom. The van der Waals surface area contributed by atoms with Crippen LogP contribution in [0.25, 0.3) is 0 Å². The number of thioether (sulfide) groups is 1. The second kappa shape index (κ2) is 6.45. The molecule has 108 valence electrons. The number of carbonyl (C=O) groups excluding carboxylic acids is 1. The third-order valence-corrected chi connectivity index (χ3v) is 3.87. The Morgan fingerprint density at radius 1 is 1.14 bits per heavy atom. The number of aromatic carboxylic acids is 1. The fourth-order valence-electron chi connectivity index (χ4n) is 1.96. The third-order valence-electron chi connectivity index (χ3n) is 3.07. The molecule has 0 aromatic heterocycles. The molecule has 0 heterocycles. The molecule has 1 amide bonds. The number of carboxylic acid groups (broad SMARTS) is 1. The highest BCUT2D eigenvalue weighted by molar-refractivity contribution is 7.98. The Bertz CT molecular complexity index is 698. The van der Waals surface area contributed by atoms with E-state index in [0.717, 1.165) is 4.90 Å². The molecule has 0 saturated heterocycles. The van der Waals surface area contributed by atoms with Gasteiger partial charge in [-0.15, -0.1) is 11.8 Å². The lowest BCUT2D eigenvalue weighted by molar-refractivity contribution is 0.0696. The Morgan fingerprint density at radius 2 is 1.86 bits per heavy atom. The molecule has 2 aromatic carbocycles. The Hall–Kier alpha value is -2.27. The number of anilines is 1. The van der Waals surface area contributed by atoms with Crippen molar-refractivity contribution in [2.45, 2.75) is 11.8 Å². The molecule has 0 fully saturated rings. The standard InChI is InChI=1S/C16H15NO3S/c1-10-9-11(16(19)20)7-8-13(10)17-15(18)12-5-3-4-6-14(12)21-2/h3-9H,1-2H3,(H,17,18)(H,19,20). The van der Waals surface area contributed by atoms with E-state index in [-0.39, 0.29) is 11.5 Å². The van der Waals surface area contributed by atoms with Gasteiger partial charge in [0, 0.05) is 10.6 Å². The van der Waals surface area contributed by atoms with Gasteiger partial charge in [0.2, 0.25) is 0 Å². The minimum absolute atomic E-state index is 0.203. The van der Waals surface area contributed by atoms with Gasteiger partial charge in [-0.3, -0.25) is 4.79 Å². The minimum atomic E-state index is -0.983. The first-order valence-corrected chi connectivity index (χ1v) is 7.53. The van der Waals surface area contributed by atoms with Gasteiger partial charge < -0.3 is 10.4 Å². The number of nitrogens with one attached hydrogen (secondary N) is 1. The molecule has 0 spiro atoms. The van der Waals surface area contributed by atoms with Gasteiger partial charge in [-0.05, 0) is 49.1 Å². The van der Waals surface area contributed by atoms with Crippen molar-refractivity contribution < 1.29 is 14.7 Å². The Labute approximate surface area is 127 Å². The molecule has 0 atom stereocenters. The Kier molecular flexibility index (Phi) is 4.65. The van der Waals surface area contributed by atoms with Crippen molar-refractivity contribution in [2.24, 2.45) is 0 Å². The molecular weight excluding hydrogens is 286 g/mol. The summed E-state index contributed by atoms with van der Waals surface area (Å²) in [5.74, 6) is -1.19. The molecule has 0 unspecified atom stereocenters. The first kappa shape index (κ1) is 15.1. The van der Waals surface area contributed by atoms with Crippen LogP contribution in [-0.2, 0) is 0 Å². The summed E-state index contributed by atoms with van der Waals surface area (Å²) in [7, 11) is 0. The van der Waals surface area contributed by atoms with Gasteiger partial charge in [0.25, 0.3) is 5.91 Å². The molecule has 0 bridgehead atoms. The maximum atomic E-state index is 12.3. The van der Waals surface area contributed by atoms with Crippen LogP contribution in [-0.4, -0.2) is 23.2 Å². The van der Waals surface area contributed by atoms with E-state index in [1.165, 1.54) is 17.8 Å². The summed E-state index contributed by atoms with van der Waals surface area (Å²) < 4.78 is 0. The van der Waals surface area contributed by atoms with Crippen molar-refractivity contribution in [3.63, 3.8) is 0 Å². The van der Waals surface area contributed by atoms with Crippen LogP contribution in [0.5, 0.6) is 0 Å². The number of amides is 1. The summed E-state index contributed by atoms with van der Waals surface area (Å²) in [5, 5.41) is 11.8. The molecule has 4 nitrogen and oxygen atoms in total. The van der Waals surface area contributed by atoms with Crippen LogP contribution in [0.4, 0.5) is 5.69 Å². The van der Waals surface area contributed by atoms with E-state index in [4.69, 9.17) is 5.11 Å². The summed E-state index contributed by atoms with van der Waals surface area (Å²) in [6.45, 7) is 1.77. The average Bonchev–Trinajstić information content (AvgIpc) is 2.48. The molecule has 2 N–H and O–H groups in total. The van der Waals surface area contributed by atoms with E-state index in [0.29, 0.717) is 16.8 Å². The zero-order valence-electron chi connectivity index (χ0n) is 11.7. The maximum absolute atomic E-state index is 12.3. The SMILES string of the molecule is CSc1ccccc1C(=O)Nc1ccc(C(=O)O)cc1C. The van der Waals surface area contributed by atoms with E-state index in [9.17, 15) is 9.59 Å². The fourth-order valence-corrected chi connectivity index (χ4v) is 2.55. The quantitative estimate of drug-likeness (QED) is 0.846. The highest BCUT2D eigenvalue weighted by Gasteiger charge is 2.12. The molecule has 0 aliphatic rings. The summed E-state index contributed by atoms with van der Waals surface area (Å²) in [6.07, 6.45) is 1.92. The van der Waals surface area contributed by atoms with Crippen molar-refractivity contribution in [2.75, 3.05) is 11.6 Å². The summed E-state index contributed by atoms with van der Waals surface area (Å²) in [4.78, 5) is 24.1. The predicted molar refractivity (Wildman–Crippen MR) is 84.3 cm³/mol. The minimum Gasteiger partial charge on any atom is -0.478 e. The lowest BCUT2D eigenvalue weighted by atomic mass is 10.1. The summed E-state index contributed by atoms with van der Waals surface area (Å²) >= 11 is 1.51. The second-order valence-electron chi connectivity index (χ2n) is 4.49. The van der Waals surface area contributed by atoms with Crippen LogP contribution < -0.4 is 5.32 Å². The van der Waals surface area contributed by atoms with E-state index in [2.05, 4.69) is 5.32 Å². The first-order chi connectivity index (χ1) is 10.0. The van der Waals surface area contributed by atoms with E-state index < -0.39 is 5.97 Å². The number of benzene rings is 2. The van der Waals surface area contributed by atoms with E-state index >= 15 is 0 Å². The van der Waals surface area contributed by atoms with Gasteiger partial charge >= 0.3 is 5.97 Å². The normalized spacial score (nSPS) is 10.2. The van der Waals surface area contributed by atoms with Crippen LogP contribution in [0.1, 0.15) is 26.3 Å². The number of hydrogen-bond donors (Lipinski definition) is 2. The maximum Gasteiger partial charge on any atom is 0.335 e. The molecular formula is C16H15NO3S. The molecule has 0 aliphatic carbocycles. The van der Waals surface area contributed by atoms with Crippen LogP contribution >= 0.6 is 11.8 Å². The van der Waals surface area contributed by atoms with Crippen molar-refractivity contribution in [1.82, 2.24) is 0 Å². The van der Waals surface area contributed by atoms with Crippen molar-refractivity contribution in [1.29, 1.82) is 0 Å². The number of carboxylic acids is 1. The van der Waals surface area contributed by atoms with Crippen LogP contribution in [0.15, 0.2) is 47.4 Å². The van der Waals surface area contributed by atoms with Gasteiger partial charge in [0.05, 0.1) is 11.1 Å². The Balaban J connectivity index is 2.26. The number of aryl methyl sites for hydroxylation is 1. The van der Waals surface area contributed by atoms with Gasteiger partial charge in [0.15, 0.2) is 0 Å². The molecule has 0 radical (unpaired) electrons. The molecule has 2 aromatic rings. The second-order valence-corrected chi connectivity index (χ2v) is 5.34. The molecule has 2 rings (SSSR count). The fraction of sp³-hybridized carbons (Fsp3) is 0.125. The highest BCUT2D eigenvalue weighted by atomic mass is 32.2. The highest BCUT2D eigenvalue weighted by Crippen LogP contribution is 2.22. The predicted octanol–water partition coefficient (Wildman–Crippen LogP) is 3.67. The third kappa shape index (κ3) is 3.44. The van der Waals surface area contributed by atoms with Crippen LogP contribution in [0, 0.1) is 6.92 Å². The monoisotopic (exact) mass is 301 g/mol. The van der Waals surface area contributed by atoms with Gasteiger partial charge in [0.1, 0.15) is 0 Å². The smallest absolute Gasteiger partial charge is 0.335 e. The van der Waals surface area contributed by atoms with Crippen molar-refractivity contribution >= 4 is 29.3 Å². The summed E-state index contributed by atoms with van der Waals surface area (Å²) in [5.41, 5.74) is 2.13. The van der Waals surface area contributed by atoms with E-state index in [1.54, 1.807) is 25.1 Å². The molecule has 0 aliphatic heterocycles. The lowest BCUT2D eigenvalue weighted by Crippen LogP contribution is -2.14. The average molecular weight is 301 g/mol. The van der Waals surface area contributed by atoms with Crippen LogP contribution in [0.3, 0.4) is 0 Å². The van der Waals surface area contributed by atoms with Crippen molar-refractivity contribution in [3.8, 4) is 0 Å². The van der Waals surface area contributed by atoms with Crippen LogP contribution in [0.2, 0.25) is 0 Å². The van der Waals surface area contributed by atoms with Crippen molar-refractivity contribution in [3.05, 3.63) is 59.2 Å². The van der Waals surface area contributed by atoms with E-state index in [1.807, 2.05) is 24.5 Å². The molecule has 5 heteroatoms. The number of hydrogen-bond acceptors (Lipinski definition) is 3. The molecule has 0 saturated carbocycles. The first-order valence-electron chi connectivity index (χ1n) is 6.31. The van der Waals surface area contributed by atoms with Gasteiger partial charge in [-0.1, -0.05) is 12.1 Å². The summed E-state index contributed by atoms with van der Waals surface area (Å²) in [6, 6.07) is 12.0.